The summed E-state index contributed by atoms with van der Waals surface area (Å²) in [5.41, 5.74) is 2.54. The summed E-state index contributed by atoms with van der Waals surface area (Å²) in [7, 11) is 0. The van der Waals surface area contributed by atoms with Crippen LogP contribution < -0.4 is 16.0 Å². The summed E-state index contributed by atoms with van der Waals surface area (Å²) in [5.74, 6) is 0.0816. The SMILES string of the molecule is Cc1ccc(NC(=O)CSc2ccccc2C(=O)NC2CCNC2)cc1. The van der Waals surface area contributed by atoms with E-state index in [1.54, 1.807) is 6.07 Å². The molecule has 0 spiro atoms. The Hall–Kier alpha value is -2.31. The molecular formula is C20H23N3O2S. The minimum absolute atomic E-state index is 0.0826. The highest BCUT2D eigenvalue weighted by atomic mass is 32.2. The Morgan fingerprint density at radius 3 is 2.65 bits per heavy atom. The Morgan fingerprint density at radius 2 is 1.92 bits per heavy atom. The van der Waals surface area contributed by atoms with Gasteiger partial charge in [-0.05, 0) is 44.2 Å². The van der Waals surface area contributed by atoms with Crippen molar-refractivity contribution in [3.63, 3.8) is 0 Å². The molecule has 3 rings (SSSR count). The number of carbonyl (C=O) groups excluding carboxylic acids is 2. The minimum Gasteiger partial charge on any atom is -0.348 e. The fraction of sp³-hybridized carbons (Fsp3) is 0.300. The number of thioether (sulfide) groups is 1. The topological polar surface area (TPSA) is 70.2 Å². The smallest absolute Gasteiger partial charge is 0.252 e. The summed E-state index contributed by atoms with van der Waals surface area (Å²) in [6.07, 6.45) is 0.944. The number of hydrogen-bond donors (Lipinski definition) is 3. The maximum absolute atomic E-state index is 12.5. The first-order chi connectivity index (χ1) is 12.6. The Labute approximate surface area is 157 Å². The molecule has 3 N–H and O–H groups in total. The molecule has 6 heteroatoms. The Kier molecular flexibility index (Phi) is 6.30. The van der Waals surface area contributed by atoms with Crippen LogP contribution in [0.4, 0.5) is 5.69 Å². The Morgan fingerprint density at radius 1 is 1.15 bits per heavy atom. The van der Waals surface area contributed by atoms with Gasteiger partial charge in [0, 0.05) is 23.2 Å². The molecule has 0 aliphatic carbocycles. The molecule has 0 bridgehead atoms. The van der Waals surface area contributed by atoms with Crippen LogP contribution in [-0.2, 0) is 4.79 Å². The summed E-state index contributed by atoms with van der Waals surface area (Å²) in [6, 6.07) is 15.3. The lowest BCUT2D eigenvalue weighted by Gasteiger charge is -2.14. The van der Waals surface area contributed by atoms with Gasteiger partial charge < -0.3 is 16.0 Å². The van der Waals surface area contributed by atoms with E-state index in [1.807, 2.05) is 49.4 Å². The average Bonchev–Trinajstić information content (AvgIpc) is 3.15. The summed E-state index contributed by atoms with van der Waals surface area (Å²) < 4.78 is 0. The van der Waals surface area contributed by atoms with Crippen molar-refractivity contribution < 1.29 is 9.59 Å². The molecule has 1 fully saturated rings. The second-order valence-electron chi connectivity index (χ2n) is 6.36. The van der Waals surface area contributed by atoms with Crippen LogP contribution in [0.5, 0.6) is 0 Å². The second-order valence-corrected chi connectivity index (χ2v) is 7.38. The highest BCUT2D eigenvalue weighted by Gasteiger charge is 2.19. The molecule has 2 aromatic carbocycles. The van der Waals surface area contributed by atoms with Crippen LogP contribution in [-0.4, -0.2) is 36.7 Å². The highest BCUT2D eigenvalue weighted by molar-refractivity contribution is 8.00. The molecule has 0 aromatic heterocycles. The normalized spacial score (nSPS) is 16.3. The fourth-order valence-corrected chi connectivity index (χ4v) is 3.65. The highest BCUT2D eigenvalue weighted by Crippen LogP contribution is 2.23. The van der Waals surface area contributed by atoms with Crippen molar-refractivity contribution >= 4 is 29.3 Å². The van der Waals surface area contributed by atoms with Gasteiger partial charge in [0.2, 0.25) is 5.91 Å². The van der Waals surface area contributed by atoms with Gasteiger partial charge in [-0.3, -0.25) is 9.59 Å². The van der Waals surface area contributed by atoms with Crippen molar-refractivity contribution in [2.45, 2.75) is 24.3 Å². The summed E-state index contributed by atoms with van der Waals surface area (Å²) >= 11 is 1.38. The number of rotatable bonds is 6. The van der Waals surface area contributed by atoms with E-state index < -0.39 is 0 Å². The van der Waals surface area contributed by atoms with E-state index in [4.69, 9.17) is 0 Å². The number of anilines is 1. The van der Waals surface area contributed by atoms with Crippen molar-refractivity contribution in [3.8, 4) is 0 Å². The molecular weight excluding hydrogens is 346 g/mol. The standard InChI is InChI=1S/C20H23N3O2S/c1-14-6-8-15(9-7-14)22-19(24)13-26-18-5-3-2-4-17(18)20(25)23-16-10-11-21-12-16/h2-9,16,21H,10-13H2,1H3,(H,22,24)(H,23,25). The van der Waals surface area contributed by atoms with Crippen LogP contribution >= 0.6 is 11.8 Å². The average molecular weight is 369 g/mol. The number of hydrogen-bond acceptors (Lipinski definition) is 4. The molecule has 2 amide bonds. The predicted molar refractivity (Wildman–Crippen MR) is 106 cm³/mol. The molecule has 2 aromatic rings. The molecule has 1 heterocycles. The van der Waals surface area contributed by atoms with E-state index >= 15 is 0 Å². The van der Waals surface area contributed by atoms with Crippen molar-refractivity contribution in [2.75, 3.05) is 24.2 Å². The summed E-state index contributed by atoms with van der Waals surface area (Å²) in [6.45, 7) is 3.74. The third-order valence-electron chi connectivity index (χ3n) is 4.22. The lowest BCUT2D eigenvalue weighted by atomic mass is 10.2. The second kappa shape index (κ2) is 8.87. The molecule has 1 atom stereocenters. The van der Waals surface area contributed by atoms with Gasteiger partial charge in [0.1, 0.15) is 0 Å². The van der Waals surface area contributed by atoms with Crippen molar-refractivity contribution in [2.24, 2.45) is 0 Å². The van der Waals surface area contributed by atoms with Crippen LogP contribution in [0.25, 0.3) is 0 Å². The van der Waals surface area contributed by atoms with Crippen LogP contribution in [0.2, 0.25) is 0 Å². The van der Waals surface area contributed by atoms with Gasteiger partial charge in [-0.1, -0.05) is 29.8 Å². The van der Waals surface area contributed by atoms with Gasteiger partial charge >= 0.3 is 0 Å². The number of aryl methyl sites for hydroxylation is 1. The van der Waals surface area contributed by atoms with E-state index in [2.05, 4.69) is 16.0 Å². The van der Waals surface area contributed by atoms with Gasteiger partial charge in [0.05, 0.1) is 11.3 Å². The molecule has 1 aliphatic heterocycles. The molecule has 0 saturated carbocycles. The van der Waals surface area contributed by atoms with Crippen LogP contribution in [0.15, 0.2) is 53.4 Å². The monoisotopic (exact) mass is 369 g/mol. The van der Waals surface area contributed by atoms with Gasteiger partial charge in [-0.2, -0.15) is 0 Å². The predicted octanol–water partition coefficient (Wildman–Crippen LogP) is 2.82. The zero-order chi connectivity index (χ0) is 18.4. The molecule has 0 radical (unpaired) electrons. The third-order valence-corrected chi connectivity index (χ3v) is 5.29. The quantitative estimate of drug-likeness (QED) is 0.685. The maximum Gasteiger partial charge on any atom is 0.252 e. The summed E-state index contributed by atoms with van der Waals surface area (Å²) in [4.78, 5) is 25.5. The van der Waals surface area contributed by atoms with Crippen molar-refractivity contribution in [1.29, 1.82) is 0 Å². The minimum atomic E-state index is -0.0888. The number of benzene rings is 2. The Balaban J connectivity index is 1.58. The largest absolute Gasteiger partial charge is 0.348 e. The van der Waals surface area contributed by atoms with Crippen LogP contribution in [0.3, 0.4) is 0 Å². The van der Waals surface area contributed by atoms with E-state index in [-0.39, 0.29) is 23.6 Å². The molecule has 5 nitrogen and oxygen atoms in total. The molecule has 1 unspecified atom stereocenters. The number of amides is 2. The van der Waals surface area contributed by atoms with Crippen molar-refractivity contribution in [3.05, 3.63) is 59.7 Å². The maximum atomic E-state index is 12.5. The lowest BCUT2D eigenvalue weighted by Crippen LogP contribution is -2.36. The first kappa shape index (κ1) is 18.5. The van der Waals surface area contributed by atoms with E-state index in [0.717, 1.165) is 35.7 Å². The zero-order valence-corrected chi connectivity index (χ0v) is 15.6. The van der Waals surface area contributed by atoms with Gasteiger partial charge in [-0.15, -0.1) is 11.8 Å². The van der Waals surface area contributed by atoms with E-state index in [0.29, 0.717) is 5.56 Å². The third kappa shape index (κ3) is 5.09. The summed E-state index contributed by atoms with van der Waals surface area (Å²) in [5, 5.41) is 9.17. The van der Waals surface area contributed by atoms with E-state index in [9.17, 15) is 9.59 Å². The number of nitrogens with one attached hydrogen (secondary N) is 3. The molecule has 136 valence electrons. The molecule has 1 aliphatic rings. The zero-order valence-electron chi connectivity index (χ0n) is 14.7. The van der Waals surface area contributed by atoms with Crippen LogP contribution in [0, 0.1) is 6.92 Å². The first-order valence-electron chi connectivity index (χ1n) is 8.72. The first-order valence-corrected chi connectivity index (χ1v) is 9.70. The van der Waals surface area contributed by atoms with Crippen molar-refractivity contribution in [1.82, 2.24) is 10.6 Å². The lowest BCUT2D eigenvalue weighted by molar-refractivity contribution is -0.113. The van der Waals surface area contributed by atoms with Gasteiger partial charge in [-0.25, -0.2) is 0 Å². The van der Waals surface area contributed by atoms with Gasteiger partial charge in [0.15, 0.2) is 0 Å². The van der Waals surface area contributed by atoms with E-state index in [1.165, 1.54) is 11.8 Å². The van der Waals surface area contributed by atoms with Crippen LogP contribution in [0.1, 0.15) is 22.3 Å². The van der Waals surface area contributed by atoms with Gasteiger partial charge in [0.25, 0.3) is 5.91 Å². The Bertz CT molecular complexity index is 771. The molecule has 26 heavy (non-hydrogen) atoms. The fourth-order valence-electron chi connectivity index (χ4n) is 2.80. The molecule has 1 saturated heterocycles. The number of carbonyl (C=O) groups is 2.